The molecule has 0 saturated carbocycles. The van der Waals surface area contributed by atoms with E-state index in [2.05, 4.69) is 20.5 Å². The second-order valence-electron chi connectivity index (χ2n) is 3.90. The molecular formula is C10H5N6O5S+. The number of nitrogens with zero attached hydrogens (tertiary/aromatic N) is 5. The third kappa shape index (κ3) is 2.30. The van der Waals surface area contributed by atoms with Gasteiger partial charge in [0.2, 0.25) is 5.43 Å². The molecule has 2 aliphatic rings. The van der Waals surface area contributed by atoms with E-state index in [0.717, 1.165) is 6.07 Å². The molecule has 0 radical (unpaired) electrons. The molecule has 0 amide bonds. The van der Waals surface area contributed by atoms with Crippen LogP contribution in [0.1, 0.15) is 0 Å². The zero-order chi connectivity index (χ0) is 16.5. The average Bonchev–Trinajstić information content (AvgIpc) is 2.44. The molecule has 0 bridgehead atoms. The van der Waals surface area contributed by atoms with E-state index >= 15 is 0 Å². The zero-order valence-electron chi connectivity index (χ0n) is 10.5. The summed E-state index contributed by atoms with van der Waals surface area (Å²) in [5, 5.41) is 18.4. The van der Waals surface area contributed by atoms with Crippen molar-refractivity contribution >= 4 is 10.1 Å². The molecular weight excluding hydrogens is 316 g/mol. The van der Waals surface area contributed by atoms with E-state index in [9.17, 15) is 22.6 Å². The largest absolute Gasteiger partial charge is 0.339 e. The van der Waals surface area contributed by atoms with E-state index in [-0.39, 0.29) is 10.9 Å². The maximum Gasteiger partial charge on any atom is 0.339 e. The van der Waals surface area contributed by atoms with Crippen LogP contribution in [0.15, 0.2) is 48.1 Å². The Hall–Kier alpha value is -3.17. The molecule has 0 aromatic carbocycles. The summed E-state index contributed by atoms with van der Waals surface area (Å²) in [4.78, 5) is 22.8. The zero-order valence-corrected chi connectivity index (χ0v) is 11.3. The monoisotopic (exact) mass is 321 g/mol. The average molecular weight is 321 g/mol. The first-order valence-electron chi connectivity index (χ1n) is 5.39. The molecule has 0 aliphatic heterocycles. The minimum Gasteiger partial charge on any atom is -0.285 e. The number of fused-ring (bicyclic) bond motifs is 1. The number of nitrogens with one attached hydrogen (secondary N) is 1. The van der Waals surface area contributed by atoms with Gasteiger partial charge in [-0.25, -0.2) is 0 Å². The molecule has 12 heteroatoms. The Kier molecular flexibility index (Phi) is 3.68. The van der Waals surface area contributed by atoms with Gasteiger partial charge in [-0.05, 0) is 6.07 Å². The normalized spacial score (nSPS) is 13.3. The maximum absolute atomic E-state index is 12.0. The molecule has 11 nitrogen and oxygen atoms in total. The van der Waals surface area contributed by atoms with Crippen molar-refractivity contribution in [3.05, 3.63) is 54.4 Å². The van der Waals surface area contributed by atoms with E-state index < -0.39 is 36.8 Å². The van der Waals surface area contributed by atoms with Crippen LogP contribution in [0.25, 0.3) is 16.2 Å². The second kappa shape index (κ2) is 5.31. The topological polar surface area (TPSA) is 178 Å². The van der Waals surface area contributed by atoms with Crippen LogP contribution in [0, 0.1) is 10.9 Å². The third-order valence-electron chi connectivity index (χ3n) is 2.71. The molecule has 0 aromatic rings. The Bertz CT molecular complexity index is 1120. The summed E-state index contributed by atoms with van der Waals surface area (Å²) in [6.07, 6.45) is 0. The Morgan fingerprint density at radius 3 is 2.45 bits per heavy atom. The van der Waals surface area contributed by atoms with Crippen LogP contribution in [0.2, 0.25) is 0 Å². The molecule has 0 spiro atoms. The summed E-state index contributed by atoms with van der Waals surface area (Å²) in [5.74, 6) is 0. The summed E-state index contributed by atoms with van der Waals surface area (Å²) in [6.45, 7) is 0. The van der Waals surface area contributed by atoms with Crippen LogP contribution in [-0.2, 0) is 10.1 Å². The molecule has 2 aliphatic carbocycles. The van der Waals surface area contributed by atoms with Crippen molar-refractivity contribution in [3.8, 4) is 11.1 Å². The number of benzene rings is 2. The van der Waals surface area contributed by atoms with Crippen LogP contribution in [-0.4, -0.2) is 13.0 Å². The van der Waals surface area contributed by atoms with Crippen molar-refractivity contribution in [2.75, 3.05) is 0 Å². The quantitative estimate of drug-likeness (QED) is 0.239. The van der Waals surface area contributed by atoms with Gasteiger partial charge in [0.05, 0.1) is 0 Å². The van der Waals surface area contributed by atoms with E-state index in [0.29, 0.717) is 0 Å². The van der Waals surface area contributed by atoms with Crippen molar-refractivity contribution in [3.63, 3.8) is 0 Å². The number of rotatable bonds is 2. The van der Waals surface area contributed by atoms with Gasteiger partial charge in [0.25, 0.3) is 20.9 Å². The Morgan fingerprint density at radius 1 is 1.23 bits per heavy atom. The summed E-state index contributed by atoms with van der Waals surface area (Å²) >= 11 is 0. The van der Waals surface area contributed by atoms with Gasteiger partial charge in [-0.15, -0.1) is 5.10 Å². The lowest BCUT2D eigenvalue weighted by Crippen LogP contribution is -2.44. The minimum atomic E-state index is -5.02. The molecule has 0 saturated heterocycles. The second-order valence-corrected chi connectivity index (χ2v) is 5.26. The Labute approximate surface area is 120 Å². The summed E-state index contributed by atoms with van der Waals surface area (Å²) in [6, 6.07) is 3.58. The summed E-state index contributed by atoms with van der Waals surface area (Å²) in [7, 11) is -5.02. The van der Waals surface area contributed by atoms with Crippen LogP contribution >= 0.6 is 0 Å². The third-order valence-corrected chi connectivity index (χ3v) is 3.62. The first-order chi connectivity index (χ1) is 10.3. The number of diazo groups is 1. The standard InChI is InChI=1S/C10H4N6O5S/c11-15-13-5-3-1-2-4-6(5)10(22(19,20)21)7(14-16-12)9(18)8(4)17/h1-3,12H/p+1. The molecule has 0 fully saturated rings. The highest BCUT2D eigenvalue weighted by Crippen LogP contribution is 2.18. The highest BCUT2D eigenvalue weighted by atomic mass is 32.2. The number of hydrogen-bond donors (Lipinski definition) is 2. The van der Waals surface area contributed by atoms with E-state index in [1.165, 1.54) is 12.1 Å². The van der Waals surface area contributed by atoms with Crippen molar-refractivity contribution in [1.29, 1.82) is 10.9 Å². The Balaban J connectivity index is 3.43. The SMILES string of the molecule is N#[N+]N=c1cccc2c(=O)c(=O)c(=NN=N)c(S(=O)(=O)O)c1-2. The smallest absolute Gasteiger partial charge is 0.285 e. The molecule has 22 heavy (non-hydrogen) atoms. The predicted octanol–water partition coefficient (Wildman–Crippen LogP) is -0.850. The number of hydrogen-bond acceptors (Lipinski definition) is 8. The molecule has 110 valence electrons. The van der Waals surface area contributed by atoms with Gasteiger partial charge in [0, 0.05) is 11.1 Å². The lowest BCUT2D eigenvalue weighted by atomic mass is 10.0. The van der Waals surface area contributed by atoms with Crippen LogP contribution in [0.5, 0.6) is 0 Å². The lowest BCUT2D eigenvalue weighted by molar-refractivity contribution is 0.482. The summed E-state index contributed by atoms with van der Waals surface area (Å²) < 4.78 is 32.5. The lowest BCUT2D eigenvalue weighted by Gasteiger charge is -2.06. The van der Waals surface area contributed by atoms with E-state index in [4.69, 9.17) is 10.9 Å². The molecule has 0 atom stereocenters. The first-order valence-corrected chi connectivity index (χ1v) is 6.83. The fraction of sp³-hybridized carbons (Fsp3) is 0. The van der Waals surface area contributed by atoms with Crippen LogP contribution < -0.4 is 21.6 Å². The van der Waals surface area contributed by atoms with Crippen LogP contribution in [0.3, 0.4) is 0 Å². The highest BCUT2D eigenvalue weighted by Gasteiger charge is 2.28. The fourth-order valence-corrected chi connectivity index (χ4v) is 2.79. The van der Waals surface area contributed by atoms with Gasteiger partial charge in [-0.3, -0.25) is 14.1 Å². The van der Waals surface area contributed by atoms with Crippen molar-refractivity contribution < 1.29 is 13.0 Å². The molecule has 0 aromatic heterocycles. The van der Waals surface area contributed by atoms with Gasteiger partial charge in [0.1, 0.15) is 4.90 Å². The molecule has 0 unspecified atom stereocenters. The maximum atomic E-state index is 12.0. The van der Waals surface area contributed by atoms with Crippen molar-refractivity contribution in [1.82, 2.24) is 0 Å². The predicted molar refractivity (Wildman–Crippen MR) is 69.1 cm³/mol. The van der Waals surface area contributed by atoms with Gasteiger partial charge in [-0.2, -0.15) is 13.9 Å². The Morgan fingerprint density at radius 2 is 1.91 bits per heavy atom. The van der Waals surface area contributed by atoms with Gasteiger partial charge >= 0.3 is 5.08 Å². The summed E-state index contributed by atoms with van der Waals surface area (Å²) in [5.41, 5.74) is 3.30. The molecule has 0 heterocycles. The highest BCUT2D eigenvalue weighted by molar-refractivity contribution is 7.86. The molecule has 2 rings (SSSR count). The van der Waals surface area contributed by atoms with Gasteiger partial charge in [0.15, 0.2) is 15.8 Å². The minimum absolute atomic E-state index is 0.300. The fourth-order valence-electron chi connectivity index (χ4n) is 1.94. The van der Waals surface area contributed by atoms with Crippen LogP contribution in [0.4, 0.5) is 0 Å². The van der Waals surface area contributed by atoms with Gasteiger partial charge < -0.3 is 0 Å². The van der Waals surface area contributed by atoms with Gasteiger partial charge in [-0.1, -0.05) is 17.4 Å². The van der Waals surface area contributed by atoms with E-state index in [1.807, 2.05) is 0 Å². The van der Waals surface area contributed by atoms with Crippen molar-refractivity contribution in [2.24, 2.45) is 15.4 Å². The van der Waals surface area contributed by atoms with E-state index in [1.54, 1.807) is 0 Å². The molecule has 2 N–H and O–H groups in total. The van der Waals surface area contributed by atoms with Crippen molar-refractivity contribution in [2.45, 2.75) is 4.90 Å². The first kappa shape index (κ1) is 15.2.